The zero-order valence-corrected chi connectivity index (χ0v) is 14.4. The monoisotopic (exact) mass is 318 g/mol. The highest BCUT2D eigenvalue weighted by atomic mass is 15.3. The molecule has 1 unspecified atom stereocenters. The van der Waals surface area contributed by atoms with Crippen LogP contribution in [0.25, 0.3) is 21.8 Å². The number of aryl methyl sites for hydroxylation is 3. The number of hydrogen-bond acceptors (Lipinski definition) is 2. The largest absolute Gasteiger partial charge is 0.275 e. The minimum absolute atomic E-state index is 0.489. The predicted molar refractivity (Wildman–Crippen MR) is 98.2 cm³/mol. The van der Waals surface area contributed by atoms with Crippen molar-refractivity contribution in [2.75, 3.05) is 0 Å². The van der Waals surface area contributed by atoms with Crippen LogP contribution >= 0.6 is 0 Å². The fourth-order valence-electron chi connectivity index (χ4n) is 3.26. The second-order valence-corrected chi connectivity index (χ2v) is 6.77. The van der Waals surface area contributed by atoms with Crippen LogP contribution in [0.2, 0.25) is 0 Å². The Morgan fingerprint density at radius 2 is 1.83 bits per heavy atom. The van der Waals surface area contributed by atoms with Gasteiger partial charge in [-0.05, 0) is 48.6 Å². The van der Waals surface area contributed by atoms with E-state index >= 15 is 0 Å². The van der Waals surface area contributed by atoms with Crippen LogP contribution in [0.3, 0.4) is 0 Å². The second-order valence-electron chi connectivity index (χ2n) is 6.77. The highest BCUT2D eigenvalue weighted by Gasteiger charge is 2.09. The summed E-state index contributed by atoms with van der Waals surface area (Å²) in [4.78, 5) is 0. The zero-order chi connectivity index (χ0) is 16.7. The maximum absolute atomic E-state index is 4.70. The molecule has 122 valence electrons. The Hall–Kier alpha value is -2.62. The van der Waals surface area contributed by atoms with Crippen molar-refractivity contribution in [2.45, 2.75) is 32.7 Å². The zero-order valence-electron chi connectivity index (χ0n) is 14.4. The summed E-state index contributed by atoms with van der Waals surface area (Å²) < 4.78 is 3.94. The Labute approximate surface area is 141 Å². The van der Waals surface area contributed by atoms with E-state index in [0.29, 0.717) is 5.92 Å². The maximum Gasteiger partial charge on any atom is 0.0925 e. The van der Waals surface area contributed by atoms with E-state index in [-0.39, 0.29) is 0 Å². The van der Waals surface area contributed by atoms with Crippen LogP contribution in [0.15, 0.2) is 48.8 Å². The first kappa shape index (κ1) is 14.9. The standard InChI is InChI=1S/C20H22N4/c1-14-4-5-17-13-24(22-20(17)10-14)9-8-15(2)16-6-7-19-18(11-16)12-23(3)21-19/h4-7,10-13,15H,8-9H2,1-3H3. The maximum atomic E-state index is 4.70. The molecule has 4 nitrogen and oxygen atoms in total. The quantitative estimate of drug-likeness (QED) is 0.558. The summed E-state index contributed by atoms with van der Waals surface area (Å²) in [7, 11) is 1.97. The van der Waals surface area contributed by atoms with Crippen molar-refractivity contribution in [3.63, 3.8) is 0 Å². The minimum Gasteiger partial charge on any atom is -0.275 e. The first-order valence-corrected chi connectivity index (χ1v) is 8.45. The molecule has 0 spiro atoms. The van der Waals surface area contributed by atoms with E-state index in [2.05, 4.69) is 72.4 Å². The van der Waals surface area contributed by atoms with Gasteiger partial charge in [0.05, 0.1) is 11.0 Å². The molecule has 0 bridgehead atoms. The van der Waals surface area contributed by atoms with Crippen LogP contribution < -0.4 is 0 Å². The number of rotatable bonds is 4. The third kappa shape index (κ3) is 2.80. The van der Waals surface area contributed by atoms with E-state index in [9.17, 15) is 0 Å². The number of hydrogen-bond donors (Lipinski definition) is 0. The molecule has 0 fully saturated rings. The first-order chi connectivity index (χ1) is 11.6. The summed E-state index contributed by atoms with van der Waals surface area (Å²) in [6.07, 6.45) is 5.29. The molecule has 4 rings (SSSR count). The van der Waals surface area contributed by atoms with E-state index in [1.165, 1.54) is 21.9 Å². The lowest BCUT2D eigenvalue weighted by molar-refractivity contribution is 0.537. The van der Waals surface area contributed by atoms with Gasteiger partial charge >= 0.3 is 0 Å². The topological polar surface area (TPSA) is 35.6 Å². The highest BCUT2D eigenvalue weighted by molar-refractivity contribution is 5.79. The van der Waals surface area contributed by atoms with Gasteiger partial charge < -0.3 is 0 Å². The van der Waals surface area contributed by atoms with Gasteiger partial charge in [-0.25, -0.2) is 0 Å². The van der Waals surface area contributed by atoms with Gasteiger partial charge in [0.15, 0.2) is 0 Å². The van der Waals surface area contributed by atoms with Crippen molar-refractivity contribution in [3.05, 3.63) is 59.9 Å². The van der Waals surface area contributed by atoms with Crippen molar-refractivity contribution >= 4 is 21.8 Å². The van der Waals surface area contributed by atoms with Gasteiger partial charge in [0.2, 0.25) is 0 Å². The predicted octanol–water partition coefficient (Wildman–Crippen LogP) is 4.43. The molecule has 2 aromatic heterocycles. The average molecular weight is 318 g/mol. The number of fused-ring (bicyclic) bond motifs is 2. The lowest BCUT2D eigenvalue weighted by Crippen LogP contribution is -2.03. The van der Waals surface area contributed by atoms with Gasteiger partial charge in [-0.2, -0.15) is 10.2 Å². The van der Waals surface area contributed by atoms with Crippen LogP contribution in [0.1, 0.15) is 30.4 Å². The molecule has 2 heterocycles. The van der Waals surface area contributed by atoms with Crippen LogP contribution in [0.4, 0.5) is 0 Å². The molecule has 1 atom stereocenters. The SMILES string of the molecule is Cc1ccc2cn(CCC(C)c3ccc4nn(C)cc4c3)nc2c1. The van der Waals surface area contributed by atoms with Crippen molar-refractivity contribution in [3.8, 4) is 0 Å². The molecule has 0 N–H and O–H groups in total. The molecule has 0 aliphatic carbocycles. The van der Waals surface area contributed by atoms with Crippen molar-refractivity contribution in [2.24, 2.45) is 7.05 Å². The number of nitrogens with zero attached hydrogens (tertiary/aromatic N) is 4. The average Bonchev–Trinajstić information content (AvgIpc) is 3.12. The van der Waals surface area contributed by atoms with Gasteiger partial charge in [-0.15, -0.1) is 0 Å². The van der Waals surface area contributed by atoms with E-state index in [0.717, 1.165) is 24.0 Å². The summed E-state index contributed by atoms with van der Waals surface area (Å²) in [5.74, 6) is 0.489. The van der Waals surface area contributed by atoms with Crippen LogP contribution in [0, 0.1) is 6.92 Å². The van der Waals surface area contributed by atoms with Crippen molar-refractivity contribution in [1.82, 2.24) is 19.6 Å². The Balaban J connectivity index is 1.50. The Kier molecular flexibility index (Phi) is 3.60. The summed E-state index contributed by atoms with van der Waals surface area (Å²) in [5, 5.41) is 11.6. The normalized spacial score (nSPS) is 13.0. The molecule has 0 aliphatic rings. The molecule has 0 amide bonds. The van der Waals surface area contributed by atoms with Gasteiger partial charge in [0.25, 0.3) is 0 Å². The minimum atomic E-state index is 0.489. The molecular weight excluding hydrogens is 296 g/mol. The fourth-order valence-corrected chi connectivity index (χ4v) is 3.26. The van der Waals surface area contributed by atoms with Gasteiger partial charge in [-0.3, -0.25) is 9.36 Å². The Bertz CT molecular complexity index is 1010. The Morgan fingerprint density at radius 3 is 2.71 bits per heavy atom. The smallest absolute Gasteiger partial charge is 0.0925 e. The summed E-state index contributed by atoms with van der Waals surface area (Å²) in [6, 6.07) is 13.0. The van der Waals surface area contributed by atoms with E-state index < -0.39 is 0 Å². The van der Waals surface area contributed by atoms with E-state index in [1.807, 2.05) is 11.7 Å². The van der Waals surface area contributed by atoms with Crippen molar-refractivity contribution in [1.29, 1.82) is 0 Å². The molecule has 0 radical (unpaired) electrons. The molecule has 0 saturated carbocycles. The Morgan fingerprint density at radius 1 is 0.958 bits per heavy atom. The fraction of sp³-hybridized carbons (Fsp3) is 0.300. The highest BCUT2D eigenvalue weighted by Crippen LogP contribution is 2.24. The van der Waals surface area contributed by atoms with E-state index in [4.69, 9.17) is 5.10 Å². The summed E-state index contributed by atoms with van der Waals surface area (Å²) in [5.41, 5.74) is 4.76. The molecular formula is C20H22N4. The van der Waals surface area contributed by atoms with Gasteiger partial charge in [0.1, 0.15) is 0 Å². The summed E-state index contributed by atoms with van der Waals surface area (Å²) in [6.45, 7) is 5.32. The van der Waals surface area contributed by atoms with Crippen LogP contribution in [0.5, 0.6) is 0 Å². The molecule has 0 saturated heterocycles. The molecule has 24 heavy (non-hydrogen) atoms. The first-order valence-electron chi connectivity index (χ1n) is 8.45. The molecule has 0 aliphatic heterocycles. The van der Waals surface area contributed by atoms with E-state index in [1.54, 1.807) is 0 Å². The van der Waals surface area contributed by atoms with Gasteiger partial charge in [0, 0.05) is 36.8 Å². The van der Waals surface area contributed by atoms with Crippen LogP contribution in [-0.4, -0.2) is 19.6 Å². The second kappa shape index (κ2) is 5.78. The summed E-state index contributed by atoms with van der Waals surface area (Å²) >= 11 is 0. The van der Waals surface area contributed by atoms with Crippen LogP contribution in [-0.2, 0) is 13.6 Å². The molecule has 4 aromatic rings. The lowest BCUT2D eigenvalue weighted by atomic mass is 9.97. The third-order valence-electron chi connectivity index (χ3n) is 4.71. The molecule has 2 aromatic carbocycles. The lowest BCUT2D eigenvalue weighted by Gasteiger charge is -2.12. The number of benzene rings is 2. The van der Waals surface area contributed by atoms with Gasteiger partial charge in [-0.1, -0.05) is 25.1 Å². The third-order valence-corrected chi connectivity index (χ3v) is 4.71. The van der Waals surface area contributed by atoms with Crippen molar-refractivity contribution < 1.29 is 0 Å². The number of aromatic nitrogens is 4. The molecule has 4 heteroatoms.